The molecule has 0 aliphatic heterocycles. The molecule has 0 fully saturated rings. The van der Waals surface area contributed by atoms with Gasteiger partial charge in [-0.1, -0.05) is 62.4 Å². The van der Waals surface area contributed by atoms with E-state index in [4.69, 9.17) is 30.4 Å². The molecule has 0 aromatic heterocycles. The zero-order valence-electron chi connectivity index (χ0n) is 26.0. The third kappa shape index (κ3) is 9.46. The number of nitrogen functional groups attached to an aromatic ring is 2. The summed E-state index contributed by atoms with van der Waals surface area (Å²) in [7, 11) is 0. The summed E-state index contributed by atoms with van der Waals surface area (Å²) in [6.45, 7) is 9.89. The van der Waals surface area contributed by atoms with E-state index in [1.165, 1.54) is 0 Å². The normalized spacial score (nSPS) is 10.4. The van der Waals surface area contributed by atoms with Gasteiger partial charge in [0.1, 0.15) is 49.4 Å². The fourth-order valence-corrected chi connectivity index (χ4v) is 4.24. The van der Waals surface area contributed by atoms with Crippen LogP contribution in [0, 0.1) is 13.8 Å². The quantitative estimate of drug-likeness (QED) is 0.141. The van der Waals surface area contributed by atoms with Crippen molar-refractivity contribution in [2.45, 2.75) is 54.1 Å². The number of hydrogen-bond donors (Lipinski definition) is 2. The average molecular weight is 591 g/mol. The third-order valence-corrected chi connectivity index (χ3v) is 6.97. The Labute approximate surface area is 261 Å². The molecule has 228 valence electrons. The Morgan fingerprint density at radius 3 is 0.909 bits per heavy atom. The second kappa shape index (κ2) is 15.9. The zero-order valence-corrected chi connectivity index (χ0v) is 26.0. The predicted octanol–water partition coefficient (Wildman–Crippen LogP) is 8.81. The molecule has 0 atom stereocenters. The summed E-state index contributed by atoms with van der Waals surface area (Å²) in [6.07, 6.45) is 0. The van der Waals surface area contributed by atoms with Crippen molar-refractivity contribution in [3.63, 3.8) is 0 Å². The summed E-state index contributed by atoms with van der Waals surface area (Å²) in [6, 6.07) is 35.5. The van der Waals surface area contributed by atoms with Gasteiger partial charge < -0.3 is 30.4 Å². The van der Waals surface area contributed by atoms with Gasteiger partial charge >= 0.3 is 0 Å². The molecule has 6 heteroatoms. The minimum atomic E-state index is 0.479. The second-order valence-electron chi connectivity index (χ2n) is 10.3. The Bertz CT molecular complexity index is 1480. The van der Waals surface area contributed by atoms with Crippen molar-refractivity contribution in [2.24, 2.45) is 0 Å². The van der Waals surface area contributed by atoms with Gasteiger partial charge in [0.15, 0.2) is 0 Å². The summed E-state index contributed by atoms with van der Waals surface area (Å²) in [5, 5.41) is 0. The summed E-state index contributed by atoms with van der Waals surface area (Å²) < 4.78 is 23.7. The zero-order chi connectivity index (χ0) is 31.3. The number of benzene rings is 5. The first-order valence-electron chi connectivity index (χ1n) is 14.9. The summed E-state index contributed by atoms with van der Waals surface area (Å²) in [5.74, 6) is 3.19. The molecule has 6 nitrogen and oxygen atoms in total. The largest absolute Gasteiger partial charge is 0.489 e. The van der Waals surface area contributed by atoms with Gasteiger partial charge in [0.05, 0.1) is 0 Å². The van der Waals surface area contributed by atoms with Crippen LogP contribution in [0.1, 0.15) is 47.2 Å². The molecule has 0 saturated heterocycles. The van der Waals surface area contributed by atoms with Gasteiger partial charge in [-0.2, -0.15) is 0 Å². The smallest absolute Gasteiger partial charge is 0.120 e. The van der Waals surface area contributed by atoms with E-state index in [-0.39, 0.29) is 0 Å². The number of aryl methyl sites for hydroxylation is 2. The minimum absolute atomic E-state index is 0.479. The predicted molar refractivity (Wildman–Crippen MR) is 179 cm³/mol. The van der Waals surface area contributed by atoms with E-state index in [2.05, 4.69) is 48.5 Å². The minimum Gasteiger partial charge on any atom is -0.489 e. The van der Waals surface area contributed by atoms with Crippen LogP contribution in [0.4, 0.5) is 11.4 Å². The maximum Gasteiger partial charge on any atom is 0.120 e. The van der Waals surface area contributed by atoms with Gasteiger partial charge in [0.25, 0.3) is 0 Å². The van der Waals surface area contributed by atoms with E-state index in [9.17, 15) is 0 Å². The number of rotatable bonds is 12. The Balaban J connectivity index is 0.00000216. The standard InChI is InChI=1S/C36H36N2O4.C2H6/c1-25-19-33(15-17-35(25)37)41-23-29-7-3-27(4-8-29)21-39-31-11-13-32(14-12-31)40-22-28-5-9-30(10-6-28)24-42-34-16-18-36(38)26(2)20-34;1-2/h3-20H,21-24,37-38H2,1-2H3;1-2H3. The van der Waals surface area contributed by atoms with Crippen molar-refractivity contribution in [2.75, 3.05) is 11.5 Å². The highest BCUT2D eigenvalue weighted by Crippen LogP contribution is 2.23. The number of anilines is 2. The number of nitrogens with two attached hydrogens (primary N) is 2. The lowest BCUT2D eigenvalue weighted by molar-refractivity contribution is 0.296. The molecule has 0 radical (unpaired) electrons. The van der Waals surface area contributed by atoms with Crippen molar-refractivity contribution in [1.82, 2.24) is 0 Å². The first-order valence-corrected chi connectivity index (χ1v) is 14.9. The van der Waals surface area contributed by atoms with E-state index in [1.807, 2.05) is 88.4 Å². The lowest BCUT2D eigenvalue weighted by Gasteiger charge is -2.11. The van der Waals surface area contributed by atoms with Crippen LogP contribution in [0.2, 0.25) is 0 Å². The lowest BCUT2D eigenvalue weighted by Crippen LogP contribution is -1.99. The van der Waals surface area contributed by atoms with Crippen LogP contribution in [0.3, 0.4) is 0 Å². The van der Waals surface area contributed by atoms with Crippen molar-refractivity contribution in [3.05, 3.63) is 143 Å². The van der Waals surface area contributed by atoms with Crippen LogP contribution in [0.25, 0.3) is 0 Å². The molecule has 5 aromatic rings. The van der Waals surface area contributed by atoms with Crippen LogP contribution >= 0.6 is 0 Å². The van der Waals surface area contributed by atoms with Crippen LogP contribution in [-0.4, -0.2) is 0 Å². The Morgan fingerprint density at radius 2 is 0.636 bits per heavy atom. The molecule has 0 unspecified atom stereocenters. The molecule has 0 heterocycles. The Kier molecular flexibility index (Phi) is 11.5. The van der Waals surface area contributed by atoms with Gasteiger partial charge in [-0.05, 0) is 108 Å². The van der Waals surface area contributed by atoms with Crippen LogP contribution < -0.4 is 30.4 Å². The van der Waals surface area contributed by atoms with E-state index in [0.29, 0.717) is 26.4 Å². The first kappa shape index (κ1) is 31.8. The van der Waals surface area contributed by atoms with E-state index >= 15 is 0 Å². The van der Waals surface area contributed by atoms with Gasteiger partial charge in [-0.25, -0.2) is 0 Å². The summed E-state index contributed by atoms with van der Waals surface area (Å²) in [5.41, 5.74) is 19.7. The molecule has 0 bridgehead atoms. The highest BCUT2D eigenvalue weighted by atomic mass is 16.5. The van der Waals surface area contributed by atoms with Crippen molar-refractivity contribution >= 4 is 11.4 Å². The van der Waals surface area contributed by atoms with E-state index < -0.39 is 0 Å². The Morgan fingerprint density at radius 1 is 0.386 bits per heavy atom. The van der Waals surface area contributed by atoms with Gasteiger partial charge in [0, 0.05) is 11.4 Å². The summed E-state index contributed by atoms with van der Waals surface area (Å²) in [4.78, 5) is 0. The van der Waals surface area contributed by atoms with E-state index in [0.717, 1.165) is 67.8 Å². The molecule has 5 aromatic carbocycles. The maximum atomic E-state index is 5.97. The molecule has 5 rings (SSSR count). The SMILES string of the molecule is CC.Cc1cc(OCc2ccc(COc3ccc(OCc4ccc(COc5ccc(N)c(C)c5)cc4)cc3)cc2)ccc1N. The molecule has 0 spiro atoms. The molecular weight excluding hydrogens is 548 g/mol. The average Bonchev–Trinajstić information content (AvgIpc) is 3.06. The number of hydrogen-bond acceptors (Lipinski definition) is 6. The van der Waals surface area contributed by atoms with Crippen molar-refractivity contribution < 1.29 is 18.9 Å². The maximum absolute atomic E-state index is 5.97. The molecule has 44 heavy (non-hydrogen) atoms. The van der Waals surface area contributed by atoms with Crippen LogP contribution in [0.5, 0.6) is 23.0 Å². The topological polar surface area (TPSA) is 89.0 Å². The molecule has 0 aliphatic rings. The second-order valence-corrected chi connectivity index (χ2v) is 10.3. The summed E-state index contributed by atoms with van der Waals surface area (Å²) >= 11 is 0. The van der Waals surface area contributed by atoms with Crippen LogP contribution in [-0.2, 0) is 26.4 Å². The first-order chi connectivity index (χ1) is 21.4. The van der Waals surface area contributed by atoms with Gasteiger partial charge in [-0.15, -0.1) is 0 Å². The molecule has 0 aliphatic carbocycles. The molecule has 0 amide bonds. The Hall–Kier alpha value is -5.10. The molecule has 0 saturated carbocycles. The van der Waals surface area contributed by atoms with Gasteiger partial charge in [0.2, 0.25) is 0 Å². The third-order valence-electron chi connectivity index (χ3n) is 6.97. The molecule has 4 N–H and O–H groups in total. The number of ether oxygens (including phenoxy) is 4. The fraction of sp³-hybridized carbons (Fsp3) is 0.211. The van der Waals surface area contributed by atoms with Gasteiger partial charge in [-0.3, -0.25) is 0 Å². The van der Waals surface area contributed by atoms with Crippen molar-refractivity contribution in [3.8, 4) is 23.0 Å². The monoisotopic (exact) mass is 590 g/mol. The highest BCUT2D eigenvalue weighted by molar-refractivity contribution is 5.50. The van der Waals surface area contributed by atoms with E-state index in [1.54, 1.807) is 0 Å². The lowest BCUT2D eigenvalue weighted by atomic mass is 10.1. The molecular formula is C38H42N2O4. The highest BCUT2D eigenvalue weighted by Gasteiger charge is 2.04. The fourth-order valence-electron chi connectivity index (χ4n) is 4.24. The van der Waals surface area contributed by atoms with Crippen molar-refractivity contribution in [1.29, 1.82) is 0 Å². The van der Waals surface area contributed by atoms with Crippen LogP contribution in [0.15, 0.2) is 109 Å².